The average molecular weight is 270 g/mol. The predicted octanol–water partition coefficient (Wildman–Crippen LogP) is 1.99. The van der Waals surface area contributed by atoms with Gasteiger partial charge in [-0.25, -0.2) is 4.68 Å². The van der Waals surface area contributed by atoms with Gasteiger partial charge in [-0.05, 0) is 11.6 Å². The van der Waals surface area contributed by atoms with E-state index in [-0.39, 0.29) is 18.7 Å². The van der Waals surface area contributed by atoms with Crippen LogP contribution in [0.1, 0.15) is 16.7 Å². The van der Waals surface area contributed by atoms with Crippen LogP contribution in [0.3, 0.4) is 0 Å². The van der Waals surface area contributed by atoms with Crippen LogP contribution in [0.5, 0.6) is 0 Å². The second kappa shape index (κ2) is 4.93. The second-order valence-corrected chi connectivity index (χ2v) is 4.07. The summed E-state index contributed by atoms with van der Waals surface area (Å²) in [4.78, 5) is 0. The van der Waals surface area contributed by atoms with Gasteiger partial charge >= 0.3 is 6.18 Å². The number of alkyl halides is 3. The van der Waals surface area contributed by atoms with Crippen molar-refractivity contribution in [2.45, 2.75) is 19.3 Å². The highest BCUT2D eigenvalue weighted by molar-refractivity contribution is 5.40. The van der Waals surface area contributed by atoms with Crippen molar-refractivity contribution in [3.05, 3.63) is 47.2 Å². The van der Waals surface area contributed by atoms with Crippen LogP contribution < -0.4 is 11.5 Å². The van der Waals surface area contributed by atoms with Gasteiger partial charge in [-0.2, -0.15) is 18.3 Å². The van der Waals surface area contributed by atoms with Crippen LogP contribution in [0.15, 0.2) is 30.5 Å². The van der Waals surface area contributed by atoms with E-state index in [1.807, 2.05) is 0 Å². The monoisotopic (exact) mass is 270 g/mol. The van der Waals surface area contributed by atoms with Crippen LogP contribution in [0, 0.1) is 0 Å². The lowest BCUT2D eigenvalue weighted by molar-refractivity contribution is -0.138. The fourth-order valence-electron chi connectivity index (χ4n) is 1.81. The third-order valence-corrected chi connectivity index (χ3v) is 2.82. The van der Waals surface area contributed by atoms with E-state index in [0.717, 1.165) is 6.07 Å². The first-order valence-corrected chi connectivity index (χ1v) is 5.59. The number of benzene rings is 1. The van der Waals surface area contributed by atoms with Crippen molar-refractivity contribution in [2.75, 3.05) is 5.73 Å². The maximum Gasteiger partial charge on any atom is 0.416 e. The van der Waals surface area contributed by atoms with E-state index in [0.29, 0.717) is 11.4 Å². The molecule has 0 atom stereocenters. The summed E-state index contributed by atoms with van der Waals surface area (Å²) in [5.74, 6) is 0.291. The zero-order valence-corrected chi connectivity index (χ0v) is 9.98. The fourth-order valence-corrected chi connectivity index (χ4v) is 1.81. The quantitative estimate of drug-likeness (QED) is 0.896. The predicted molar refractivity (Wildman–Crippen MR) is 65.1 cm³/mol. The van der Waals surface area contributed by atoms with Gasteiger partial charge in [-0.3, -0.25) is 0 Å². The minimum atomic E-state index is -4.39. The van der Waals surface area contributed by atoms with E-state index >= 15 is 0 Å². The molecule has 0 aliphatic rings. The lowest BCUT2D eigenvalue weighted by atomic mass is 10.1. The molecule has 2 aromatic rings. The minimum absolute atomic E-state index is 0.0402. The summed E-state index contributed by atoms with van der Waals surface area (Å²) >= 11 is 0. The topological polar surface area (TPSA) is 69.9 Å². The van der Waals surface area contributed by atoms with Crippen molar-refractivity contribution in [1.29, 1.82) is 0 Å². The molecule has 102 valence electrons. The molecule has 0 saturated carbocycles. The molecule has 4 N–H and O–H groups in total. The molecule has 0 radical (unpaired) electrons. The first kappa shape index (κ1) is 13.4. The SMILES string of the molecule is NCc1cnn(Cc2ccccc2C(F)(F)F)c1N. The van der Waals surface area contributed by atoms with Crippen LogP contribution in [0.25, 0.3) is 0 Å². The van der Waals surface area contributed by atoms with E-state index in [1.54, 1.807) is 6.07 Å². The Bertz CT molecular complexity index is 575. The van der Waals surface area contributed by atoms with Crippen LogP contribution in [0.2, 0.25) is 0 Å². The molecule has 0 bridgehead atoms. The van der Waals surface area contributed by atoms with E-state index < -0.39 is 11.7 Å². The number of nitrogens with zero attached hydrogens (tertiary/aromatic N) is 2. The molecular formula is C12H13F3N4. The normalized spacial score (nSPS) is 11.8. The number of anilines is 1. The molecule has 2 rings (SSSR count). The largest absolute Gasteiger partial charge is 0.416 e. The maximum atomic E-state index is 12.8. The molecule has 1 heterocycles. The third kappa shape index (κ3) is 2.70. The van der Waals surface area contributed by atoms with Gasteiger partial charge in [-0.1, -0.05) is 18.2 Å². The van der Waals surface area contributed by atoms with Gasteiger partial charge in [0.15, 0.2) is 0 Å². The minimum Gasteiger partial charge on any atom is -0.384 e. The van der Waals surface area contributed by atoms with Crippen LogP contribution in [-0.2, 0) is 19.3 Å². The molecule has 0 spiro atoms. The highest BCUT2D eigenvalue weighted by Gasteiger charge is 2.33. The Morgan fingerprint density at radius 1 is 1.16 bits per heavy atom. The molecule has 0 unspecified atom stereocenters. The molecule has 0 fully saturated rings. The average Bonchev–Trinajstić information content (AvgIpc) is 2.70. The van der Waals surface area contributed by atoms with Crippen LogP contribution >= 0.6 is 0 Å². The van der Waals surface area contributed by atoms with Crippen molar-refractivity contribution in [2.24, 2.45) is 5.73 Å². The maximum absolute atomic E-state index is 12.8. The van der Waals surface area contributed by atoms with Crippen molar-refractivity contribution in [3.8, 4) is 0 Å². The Labute approximate surface area is 107 Å². The van der Waals surface area contributed by atoms with Gasteiger partial charge in [0.2, 0.25) is 0 Å². The van der Waals surface area contributed by atoms with Gasteiger partial charge in [0.05, 0.1) is 18.3 Å². The zero-order valence-electron chi connectivity index (χ0n) is 9.98. The number of hydrogen-bond donors (Lipinski definition) is 2. The number of nitrogen functional groups attached to an aromatic ring is 1. The van der Waals surface area contributed by atoms with Gasteiger partial charge in [0, 0.05) is 12.1 Å². The summed E-state index contributed by atoms with van der Waals surface area (Å²) < 4.78 is 39.8. The van der Waals surface area contributed by atoms with Gasteiger partial charge < -0.3 is 11.5 Å². The molecule has 19 heavy (non-hydrogen) atoms. The Balaban J connectivity index is 2.36. The molecule has 4 nitrogen and oxygen atoms in total. The summed E-state index contributed by atoms with van der Waals surface area (Å²) in [5, 5.41) is 3.95. The number of hydrogen-bond acceptors (Lipinski definition) is 3. The lowest BCUT2D eigenvalue weighted by Crippen LogP contribution is -2.13. The summed E-state index contributed by atoms with van der Waals surface area (Å²) in [7, 11) is 0. The van der Waals surface area contributed by atoms with Gasteiger partial charge in [0.1, 0.15) is 5.82 Å². The molecular weight excluding hydrogens is 257 g/mol. The van der Waals surface area contributed by atoms with Crippen molar-refractivity contribution < 1.29 is 13.2 Å². The Hall–Kier alpha value is -2.02. The first-order chi connectivity index (χ1) is 8.93. The van der Waals surface area contributed by atoms with Crippen molar-refractivity contribution in [1.82, 2.24) is 9.78 Å². The number of nitrogens with two attached hydrogens (primary N) is 2. The zero-order chi connectivity index (χ0) is 14.0. The van der Waals surface area contributed by atoms with Crippen molar-refractivity contribution in [3.63, 3.8) is 0 Å². The van der Waals surface area contributed by atoms with Crippen LogP contribution in [0.4, 0.5) is 19.0 Å². The molecule has 0 aliphatic carbocycles. The molecule has 7 heteroatoms. The second-order valence-electron chi connectivity index (χ2n) is 4.07. The summed E-state index contributed by atoms with van der Waals surface area (Å²) in [6.07, 6.45) is -2.93. The standard InChI is InChI=1S/C12H13F3N4/c13-12(14,15)10-4-2-1-3-8(10)7-19-11(17)9(5-16)6-18-19/h1-4,6H,5,7,16-17H2. The molecule has 0 aliphatic heterocycles. The Morgan fingerprint density at radius 3 is 2.42 bits per heavy atom. The van der Waals surface area contributed by atoms with Gasteiger partial charge in [-0.15, -0.1) is 0 Å². The molecule has 0 amide bonds. The molecule has 1 aromatic heterocycles. The summed E-state index contributed by atoms with van der Waals surface area (Å²) in [6.45, 7) is 0.161. The molecule has 0 saturated heterocycles. The Morgan fingerprint density at radius 2 is 1.84 bits per heavy atom. The summed E-state index contributed by atoms with van der Waals surface area (Å²) in [5.41, 5.74) is 11.3. The third-order valence-electron chi connectivity index (χ3n) is 2.82. The Kier molecular flexibility index (Phi) is 3.48. The van der Waals surface area contributed by atoms with E-state index in [1.165, 1.54) is 23.0 Å². The number of halogens is 3. The van der Waals surface area contributed by atoms with E-state index in [9.17, 15) is 13.2 Å². The van der Waals surface area contributed by atoms with Crippen LogP contribution in [-0.4, -0.2) is 9.78 Å². The number of aromatic nitrogens is 2. The fraction of sp³-hybridized carbons (Fsp3) is 0.250. The number of rotatable bonds is 3. The van der Waals surface area contributed by atoms with Gasteiger partial charge in [0.25, 0.3) is 0 Å². The molecule has 1 aromatic carbocycles. The highest BCUT2D eigenvalue weighted by atomic mass is 19.4. The smallest absolute Gasteiger partial charge is 0.384 e. The van der Waals surface area contributed by atoms with E-state index in [4.69, 9.17) is 11.5 Å². The van der Waals surface area contributed by atoms with E-state index in [2.05, 4.69) is 5.10 Å². The lowest BCUT2D eigenvalue weighted by Gasteiger charge is -2.13. The first-order valence-electron chi connectivity index (χ1n) is 5.59. The van der Waals surface area contributed by atoms with Crippen molar-refractivity contribution >= 4 is 5.82 Å². The summed E-state index contributed by atoms with van der Waals surface area (Å²) in [6, 6.07) is 5.35. The highest BCUT2D eigenvalue weighted by Crippen LogP contribution is 2.32.